The van der Waals surface area contributed by atoms with E-state index in [2.05, 4.69) is 15.5 Å². The van der Waals surface area contributed by atoms with Crippen molar-refractivity contribution < 1.29 is 13.7 Å². The Kier molecular flexibility index (Phi) is 4.00. The zero-order chi connectivity index (χ0) is 15.4. The summed E-state index contributed by atoms with van der Waals surface area (Å²) in [6.45, 7) is 0.239. The lowest BCUT2D eigenvalue weighted by Crippen LogP contribution is -2.01. The Balaban J connectivity index is 1.75. The van der Waals surface area contributed by atoms with Gasteiger partial charge in [0.05, 0.1) is 24.9 Å². The highest BCUT2D eigenvalue weighted by Crippen LogP contribution is 2.27. The predicted molar refractivity (Wildman–Crippen MR) is 80.0 cm³/mol. The van der Waals surface area contributed by atoms with Crippen LogP contribution in [0.5, 0.6) is 5.75 Å². The monoisotopic (exact) mass is 299 g/mol. The van der Waals surface area contributed by atoms with E-state index in [1.165, 1.54) is 6.07 Å². The molecule has 0 unspecified atom stereocenters. The van der Waals surface area contributed by atoms with Gasteiger partial charge in [-0.1, -0.05) is 29.4 Å². The maximum atomic E-state index is 13.5. The first-order valence-corrected chi connectivity index (χ1v) is 6.72. The standard InChI is InChI=1S/C16H14FN3O2/c1-21-14-9-5-2-6-11(14)16-19-15(22-20-16)10-18-13-8-4-3-7-12(13)17/h2-9,18H,10H2,1H3. The number of nitrogens with zero attached hydrogens (tertiary/aromatic N) is 2. The molecule has 0 bridgehead atoms. The second kappa shape index (κ2) is 6.26. The van der Waals surface area contributed by atoms with E-state index in [-0.39, 0.29) is 12.4 Å². The van der Waals surface area contributed by atoms with Gasteiger partial charge >= 0.3 is 0 Å². The van der Waals surface area contributed by atoms with Gasteiger partial charge in [-0.05, 0) is 24.3 Å². The van der Waals surface area contributed by atoms with Gasteiger partial charge in [-0.15, -0.1) is 0 Å². The van der Waals surface area contributed by atoms with Crippen molar-refractivity contribution in [2.24, 2.45) is 0 Å². The van der Waals surface area contributed by atoms with Crippen molar-refractivity contribution in [3.8, 4) is 17.1 Å². The minimum Gasteiger partial charge on any atom is -0.496 e. The van der Waals surface area contributed by atoms with E-state index < -0.39 is 0 Å². The van der Waals surface area contributed by atoms with Crippen LogP contribution in [0, 0.1) is 5.82 Å². The van der Waals surface area contributed by atoms with Gasteiger partial charge in [0.1, 0.15) is 11.6 Å². The zero-order valence-corrected chi connectivity index (χ0v) is 11.9. The number of rotatable bonds is 5. The summed E-state index contributed by atoms with van der Waals surface area (Å²) in [6, 6.07) is 13.8. The van der Waals surface area contributed by atoms with Crippen molar-refractivity contribution in [3.05, 3.63) is 60.2 Å². The summed E-state index contributed by atoms with van der Waals surface area (Å²) >= 11 is 0. The normalized spacial score (nSPS) is 10.5. The van der Waals surface area contributed by atoms with Crippen molar-refractivity contribution >= 4 is 5.69 Å². The maximum Gasteiger partial charge on any atom is 0.246 e. The first kappa shape index (κ1) is 14.1. The van der Waals surface area contributed by atoms with Crippen LogP contribution in [0.3, 0.4) is 0 Å². The van der Waals surface area contributed by atoms with Crippen LogP contribution in [0.15, 0.2) is 53.1 Å². The Morgan fingerprint density at radius 3 is 2.73 bits per heavy atom. The number of anilines is 1. The van der Waals surface area contributed by atoms with Crippen LogP contribution in [0.4, 0.5) is 10.1 Å². The van der Waals surface area contributed by atoms with Crippen LogP contribution in [-0.2, 0) is 6.54 Å². The Morgan fingerprint density at radius 2 is 1.91 bits per heavy atom. The average molecular weight is 299 g/mol. The molecule has 1 N–H and O–H groups in total. The zero-order valence-electron chi connectivity index (χ0n) is 11.9. The van der Waals surface area contributed by atoms with E-state index in [0.717, 1.165) is 5.56 Å². The average Bonchev–Trinajstić information content (AvgIpc) is 3.03. The minimum absolute atomic E-state index is 0.239. The topological polar surface area (TPSA) is 60.2 Å². The summed E-state index contributed by atoms with van der Waals surface area (Å²) in [4.78, 5) is 4.29. The highest BCUT2D eigenvalue weighted by Gasteiger charge is 2.12. The van der Waals surface area contributed by atoms with Gasteiger partial charge in [0.2, 0.25) is 11.7 Å². The molecular formula is C16H14FN3O2. The second-order valence-electron chi connectivity index (χ2n) is 4.55. The number of halogens is 1. The van der Waals surface area contributed by atoms with Gasteiger partial charge in [-0.3, -0.25) is 0 Å². The van der Waals surface area contributed by atoms with Crippen LogP contribution < -0.4 is 10.1 Å². The molecule has 0 saturated heterocycles. The molecule has 1 aromatic heterocycles. The summed E-state index contributed by atoms with van der Waals surface area (Å²) < 4.78 is 24.0. The molecule has 112 valence electrons. The van der Waals surface area contributed by atoms with Crippen LogP contribution >= 0.6 is 0 Å². The molecule has 3 aromatic rings. The third kappa shape index (κ3) is 2.90. The van der Waals surface area contributed by atoms with E-state index in [9.17, 15) is 4.39 Å². The number of ether oxygens (including phenoxy) is 1. The summed E-state index contributed by atoms with van der Waals surface area (Å²) in [7, 11) is 1.58. The van der Waals surface area contributed by atoms with E-state index in [0.29, 0.717) is 23.2 Å². The highest BCUT2D eigenvalue weighted by atomic mass is 19.1. The molecule has 0 amide bonds. The fraction of sp³-hybridized carbons (Fsp3) is 0.125. The smallest absolute Gasteiger partial charge is 0.246 e. The molecule has 22 heavy (non-hydrogen) atoms. The van der Waals surface area contributed by atoms with Crippen LogP contribution in [0.25, 0.3) is 11.4 Å². The molecule has 0 atom stereocenters. The Hall–Kier alpha value is -2.89. The molecule has 0 aliphatic rings. The first-order chi connectivity index (χ1) is 10.8. The van der Waals surface area contributed by atoms with E-state index in [1.807, 2.05) is 24.3 Å². The first-order valence-electron chi connectivity index (χ1n) is 6.72. The lowest BCUT2D eigenvalue weighted by atomic mass is 10.2. The van der Waals surface area contributed by atoms with Gasteiger partial charge in [0, 0.05) is 0 Å². The number of aromatic nitrogens is 2. The van der Waals surface area contributed by atoms with Crippen LogP contribution in [0.1, 0.15) is 5.89 Å². The summed E-state index contributed by atoms with van der Waals surface area (Å²) in [6.07, 6.45) is 0. The molecule has 5 nitrogen and oxygen atoms in total. The largest absolute Gasteiger partial charge is 0.496 e. The third-order valence-corrected chi connectivity index (χ3v) is 3.12. The second-order valence-corrected chi connectivity index (χ2v) is 4.55. The van der Waals surface area contributed by atoms with Crippen molar-refractivity contribution in [2.75, 3.05) is 12.4 Å². The molecule has 0 aliphatic heterocycles. The van der Waals surface area contributed by atoms with E-state index in [1.54, 1.807) is 25.3 Å². The van der Waals surface area contributed by atoms with Crippen molar-refractivity contribution in [1.29, 1.82) is 0 Å². The van der Waals surface area contributed by atoms with Crippen LogP contribution in [-0.4, -0.2) is 17.3 Å². The molecule has 1 heterocycles. The molecule has 0 saturated carbocycles. The molecule has 2 aromatic carbocycles. The minimum atomic E-state index is -0.327. The molecule has 0 spiro atoms. The maximum absolute atomic E-state index is 13.5. The SMILES string of the molecule is COc1ccccc1-c1noc(CNc2ccccc2F)n1. The molecule has 3 rings (SSSR count). The van der Waals surface area contributed by atoms with E-state index in [4.69, 9.17) is 9.26 Å². The summed E-state index contributed by atoms with van der Waals surface area (Å²) in [5, 5.41) is 6.85. The van der Waals surface area contributed by atoms with Gasteiger partial charge in [-0.2, -0.15) is 4.98 Å². The number of nitrogens with one attached hydrogen (secondary N) is 1. The Morgan fingerprint density at radius 1 is 1.14 bits per heavy atom. The predicted octanol–water partition coefficient (Wildman–Crippen LogP) is 3.50. The number of benzene rings is 2. The highest BCUT2D eigenvalue weighted by molar-refractivity contribution is 5.63. The molecule has 6 heteroatoms. The quantitative estimate of drug-likeness (QED) is 0.781. The summed E-state index contributed by atoms with van der Waals surface area (Å²) in [5.41, 5.74) is 1.13. The summed E-state index contributed by atoms with van der Waals surface area (Å²) in [5.74, 6) is 1.14. The molecular weight excluding hydrogens is 285 g/mol. The fourth-order valence-corrected chi connectivity index (χ4v) is 2.04. The van der Waals surface area contributed by atoms with E-state index >= 15 is 0 Å². The Labute approximate surface area is 126 Å². The van der Waals surface area contributed by atoms with Gasteiger partial charge in [0.15, 0.2) is 0 Å². The van der Waals surface area contributed by atoms with Crippen molar-refractivity contribution in [3.63, 3.8) is 0 Å². The molecule has 0 radical (unpaired) electrons. The fourth-order valence-electron chi connectivity index (χ4n) is 2.04. The number of methoxy groups -OCH3 is 1. The number of hydrogen-bond acceptors (Lipinski definition) is 5. The molecule has 0 fully saturated rings. The lowest BCUT2D eigenvalue weighted by molar-refractivity contribution is 0.383. The molecule has 0 aliphatic carbocycles. The Bertz CT molecular complexity index is 773. The van der Waals surface area contributed by atoms with Gasteiger partial charge in [0.25, 0.3) is 0 Å². The lowest BCUT2D eigenvalue weighted by Gasteiger charge is -2.04. The van der Waals surface area contributed by atoms with Crippen molar-refractivity contribution in [2.45, 2.75) is 6.54 Å². The number of hydrogen-bond donors (Lipinski definition) is 1. The van der Waals surface area contributed by atoms with Crippen molar-refractivity contribution in [1.82, 2.24) is 10.1 Å². The number of para-hydroxylation sites is 2. The van der Waals surface area contributed by atoms with Crippen LogP contribution in [0.2, 0.25) is 0 Å². The van der Waals surface area contributed by atoms with Gasteiger partial charge in [-0.25, -0.2) is 4.39 Å². The third-order valence-electron chi connectivity index (χ3n) is 3.12. The van der Waals surface area contributed by atoms with Gasteiger partial charge < -0.3 is 14.6 Å².